The number of carbonyl (C=O) groups excluding carboxylic acids is 2. The van der Waals surface area contributed by atoms with E-state index < -0.39 is 18.5 Å². The molecule has 0 aromatic heterocycles. The molecule has 7 heteroatoms. The Balaban J connectivity index is 1.88. The summed E-state index contributed by atoms with van der Waals surface area (Å²) in [5.74, 6) is 0.0678. The monoisotopic (exact) mass is 389 g/mol. The number of esters is 1. The SMILES string of the molecule is COc1ccc(/C=C/C(=O)OCC(=O)Nc2ccc(Cl)cc2C)cc1OC. The van der Waals surface area contributed by atoms with Gasteiger partial charge in [0.15, 0.2) is 18.1 Å². The van der Waals surface area contributed by atoms with Gasteiger partial charge in [0.1, 0.15) is 0 Å². The molecule has 0 heterocycles. The average Bonchev–Trinajstić information content (AvgIpc) is 2.66. The molecule has 0 fully saturated rings. The summed E-state index contributed by atoms with van der Waals surface area (Å²) >= 11 is 5.87. The fraction of sp³-hybridized carbons (Fsp3) is 0.200. The van der Waals surface area contributed by atoms with Crippen molar-refractivity contribution in [3.63, 3.8) is 0 Å². The van der Waals surface area contributed by atoms with Crippen molar-refractivity contribution in [3.05, 3.63) is 58.6 Å². The maximum absolute atomic E-state index is 11.9. The van der Waals surface area contributed by atoms with Crippen LogP contribution in [0.1, 0.15) is 11.1 Å². The molecule has 0 unspecified atom stereocenters. The molecule has 2 aromatic rings. The van der Waals surface area contributed by atoms with Gasteiger partial charge in [-0.1, -0.05) is 17.7 Å². The third kappa shape index (κ3) is 6.04. The fourth-order valence-corrected chi connectivity index (χ4v) is 2.49. The van der Waals surface area contributed by atoms with Crippen LogP contribution in [-0.4, -0.2) is 32.7 Å². The van der Waals surface area contributed by atoms with E-state index in [1.165, 1.54) is 13.2 Å². The lowest BCUT2D eigenvalue weighted by atomic mass is 10.2. The number of aryl methyl sites for hydroxylation is 1. The van der Waals surface area contributed by atoms with E-state index in [1.54, 1.807) is 49.6 Å². The number of amides is 1. The van der Waals surface area contributed by atoms with Crippen LogP contribution in [0, 0.1) is 6.92 Å². The molecule has 0 aliphatic rings. The number of ether oxygens (including phenoxy) is 3. The molecule has 27 heavy (non-hydrogen) atoms. The van der Waals surface area contributed by atoms with Gasteiger partial charge in [-0.2, -0.15) is 0 Å². The number of carbonyl (C=O) groups is 2. The first kappa shape index (κ1) is 20.3. The first-order valence-electron chi connectivity index (χ1n) is 8.06. The second-order valence-electron chi connectivity index (χ2n) is 5.56. The number of hydrogen-bond acceptors (Lipinski definition) is 5. The molecule has 1 N–H and O–H groups in total. The van der Waals surface area contributed by atoms with E-state index in [9.17, 15) is 9.59 Å². The number of hydrogen-bond donors (Lipinski definition) is 1. The molecule has 0 saturated carbocycles. The molecule has 2 aromatic carbocycles. The van der Waals surface area contributed by atoms with Gasteiger partial charge >= 0.3 is 5.97 Å². The van der Waals surface area contributed by atoms with E-state index in [4.69, 9.17) is 25.8 Å². The molecule has 6 nitrogen and oxygen atoms in total. The van der Waals surface area contributed by atoms with Crippen molar-refractivity contribution in [2.24, 2.45) is 0 Å². The van der Waals surface area contributed by atoms with Crippen LogP contribution in [-0.2, 0) is 14.3 Å². The Morgan fingerprint density at radius 3 is 2.48 bits per heavy atom. The summed E-state index contributed by atoms with van der Waals surface area (Å²) in [6, 6.07) is 10.3. The lowest BCUT2D eigenvalue weighted by Gasteiger charge is -2.09. The number of benzene rings is 2. The molecule has 0 aliphatic carbocycles. The van der Waals surface area contributed by atoms with E-state index >= 15 is 0 Å². The Morgan fingerprint density at radius 2 is 1.81 bits per heavy atom. The Labute approximate surface area is 162 Å². The van der Waals surface area contributed by atoms with Crippen molar-refractivity contribution >= 4 is 35.2 Å². The second-order valence-corrected chi connectivity index (χ2v) is 6.00. The number of nitrogens with one attached hydrogen (secondary N) is 1. The van der Waals surface area contributed by atoms with Gasteiger partial charge in [0.2, 0.25) is 0 Å². The molecule has 0 aliphatic heterocycles. The first-order chi connectivity index (χ1) is 12.9. The number of halogens is 1. The van der Waals surface area contributed by atoms with Gasteiger partial charge in [-0.3, -0.25) is 4.79 Å². The third-order valence-electron chi connectivity index (χ3n) is 3.63. The predicted octanol–water partition coefficient (Wildman–Crippen LogP) is 3.86. The quantitative estimate of drug-likeness (QED) is 0.575. The molecule has 1 amide bonds. The van der Waals surface area contributed by atoms with Crippen LogP contribution in [0.5, 0.6) is 11.5 Å². The maximum atomic E-state index is 11.9. The minimum atomic E-state index is -0.632. The van der Waals surface area contributed by atoms with E-state index in [0.29, 0.717) is 22.2 Å². The zero-order valence-electron chi connectivity index (χ0n) is 15.2. The number of methoxy groups -OCH3 is 2. The Hall–Kier alpha value is -2.99. The summed E-state index contributed by atoms with van der Waals surface area (Å²) in [6.07, 6.45) is 2.80. The van der Waals surface area contributed by atoms with Gasteiger partial charge in [0, 0.05) is 16.8 Å². The van der Waals surface area contributed by atoms with E-state index in [1.807, 2.05) is 6.92 Å². The molecule has 2 rings (SSSR count). The Kier molecular flexibility index (Phi) is 7.25. The van der Waals surface area contributed by atoms with Crippen LogP contribution in [0.3, 0.4) is 0 Å². The largest absolute Gasteiger partial charge is 0.493 e. The van der Waals surface area contributed by atoms with Crippen molar-refractivity contribution < 1.29 is 23.8 Å². The summed E-state index contributed by atoms with van der Waals surface area (Å²) in [7, 11) is 3.07. The van der Waals surface area contributed by atoms with E-state index in [2.05, 4.69) is 5.32 Å². The van der Waals surface area contributed by atoms with E-state index in [0.717, 1.165) is 11.1 Å². The van der Waals surface area contributed by atoms with Gasteiger partial charge < -0.3 is 19.5 Å². The molecule has 0 atom stereocenters. The standard InChI is InChI=1S/C20H20ClNO5/c1-13-10-15(21)6-7-16(13)22-19(23)12-27-20(24)9-5-14-4-8-17(25-2)18(11-14)26-3/h4-11H,12H2,1-3H3,(H,22,23)/b9-5+. The van der Waals surface area contributed by atoms with Crippen LogP contribution in [0.2, 0.25) is 5.02 Å². The summed E-state index contributed by atoms with van der Waals surface area (Å²) in [5, 5.41) is 3.25. The highest BCUT2D eigenvalue weighted by atomic mass is 35.5. The summed E-state index contributed by atoms with van der Waals surface area (Å²) < 4.78 is 15.3. The third-order valence-corrected chi connectivity index (χ3v) is 3.86. The second kappa shape index (κ2) is 9.64. The smallest absolute Gasteiger partial charge is 0.331 e. The topological polar surface area (TPSA) is 73.9 Å². The zero-order valence-corrected chi connectivity index (χ0v) is 16.0. The van der Waals surface area contributed by atoms with Crippen LogP contribution < -0.4 is 14.8 Å². The molecular weight excluding hydrogens is 370 g/mol. The van der Waals surface area contributed by atoms with Crippen molar-refractivity contribution in [1.82, 2.24) is 0 Å². The summed E-state index contributed by atoms with van der Waals surface area (Å²) in [5.41, 5.74) is 2.16. The molecule has 0 saturated heterocycles. The molecule has 0 radical (unpaired) electrons. The van der Waals surface area contributed by atoms with Gasteiger partial charge in [-0.15, -0.1) is 0 Å². The molecule has 0 bridgehead atoms. The Bertz CT molecular complexity index is 863. The number of rotatable bonds is 7. The van der Waals surface area contributed by atoms with Crippen molar-refractivity contribution in [2.45, 2.75) is 6.92 Å². The van der Waals surface area contributed by atoms with E-state index in [-0.39, 0.29) is 0 Å². The molecule has 142 valence electrons. The number of anilines is 1. The van der Waals surface area contributed by atoms with Crippen molar-refractivity contribution in [3.8, 4) is 11.5 Å². The van der Waals surface area contributed by atoms with Gasteiger partial charge in [0.05, 0.1) is 14.2 Å². The fourth-order valence-electron chi connectivity index (χ4n) is 2.26. The highest BCUT2D eigenvalue weighted by Gasteiger charge is 2.08. The predicted molar refractivity (Wildman–Crippen MR) is 104 cm³/mol. The minimum absolute atomic E-state index is 0.392. The highest BCUT2D eigenvalue weighted by molar-refractivity contribution is 6.30. The van der Waals surface area contributed by atoms with Gasteiger partial charge in [-0.25, -0.2) is 4.79 Å². The Morgan fingerprint density at radius 1 is 1.07 bits per heavy atom. The van der Waals surface area contributed by atoms with Crippen molar-refractivity contribution in [2.75, 3.05) is 26.1 Å². The zero-order chi connectivity index (χ0) is 19.8. The first-order valence-corrected chi connectivity index (χ1v) is 8.43. The maximum Gasteiger partial charge on any atom is 0.331 e. The molecular formula is C20H20ClNO5. The normalized spacial score (nSPS) is 10.5. The van der Waals surface area contributed by atoms with Crippen LogP contribution in [0.15, 0.2) is 42.5 Å². The highest BCUT2D eigenvalue weighted by Crippen LogP contribution is 2.28. The van der Waals surface area contributed by atoms with Crippen molar-refractivity contribution in [1.29, 1.82) is 0 Å². The molecule has 0 spiro atoms. The van der Waals surface area contributed by atoms with Crippen LogP contribution in [0.25, 0.3) is 6.08 Å². The summed E-state index contributed by atoms with van der Waals surface area (Å²) in [4.78, 5) is 23.7. The summed E-state index contributed by atoms with van der Waals surface area (Å²) in [6.45, 7) is 1.43. The lowest BCUT2D eigenvalue weighted by molar-refractivity contribution is -0.142. The van der Waals surface area contributed by atoms with Crippen LogP contribution in [0.4, 0.5) is 5.69 Å². The van der Waals surface area contributed by atoms with Gasteiger partial charge in [0.25, 0.3) is 5.91 Å². The lowest BCUT2D eigenvalue weighted by Crippen LogP contribution is -2.20. The average molecular weight is 390 g/mol. The van der Waals surface area contributed by atoms with Gasteiger partial charge in [-0.05, 0) is 54.5 Å². The van der Waals surface area contributed by atoms with Crippen LogP contribution >= 0.6 is 11.6 Å². The minimum Gasteiger partial charge on any atom is -0.493 e.